The van der Waals surface area contributed by atoms with Gasteiger partial charge in [0.15, 0.2) is 0 Å². The van der Waals surface area contributed by atoms with Crippen LogP contribution in [-0.4, -0.2) is 24.1 Å². The van der Waals surface area contributed by atoms with E-state index in [1.165, 1.54) is 6.42 Å². The Balaban J connectivity index is 1.80. The van der Waals surface area contributed by atoms with Gasteiger partial charge < -0.3 is 9.31 Å². The third-order valence-electron chi connectivity index (χ3n) is 5.61. The molecule has 5 atom stereocenters. The van der Waals surface area contributed by atoms with Crippen LogP contribution in [0.4, 0.5) is 0 Å². The summed E-state index contributed by atoms with van der Waals surface area (Å²) in [5.74, 6) is 1.40. The number of allylic oxidation sites excluding steroid dienone is 2. The molecular formula is C14H22BClO2. The lowest BCUT2D eigenvalue weighted by molar-refractivity contribution is -0.199. The van der Waals surface area contributed by atoms with Gasteiger partial charge in [-0.1, -0.05) is 26.0 Å². The number of hydrogen-bond acceptors (Lipinski definition) is 2. The van der Waals surface area contributed by atoms with Crippen molar-refractivity contribution < 1.29 is 9.31 Å². The van der Waals surface area contributed by atoms with Gasteiger partial charge in [0.25, 0.3) is 0 Å². The van der Waals surface area contributed by atoms with Crippen molar-refractivity contribution in [3.63, 3.8) is 0 Å². The molecule has 0 aromatic carbocycles. The molecule has 4 rings (SSSR count). The highest BCUT2D eigenvalue weighted by Crippen LogP contribution is 2.65. The topological polar surface area (TPSA) is 18.5 Å². The van der Waals surface area contributed by atoms with E-state index in [1.807, 2.05) is 19.1 Å². The van der Waals surface area contributed by atoms with E-state index in [0.717, 1.165) is 12.3 Å². The highest BCUT2D eigenvalue weighted by molar-refractivity contribution is 6.60. The zero-order valence-corrected chi connectivity index (χ0v) is 12.4. The van der Waals surface area contributed by atoms with Gasteiger partial charge in [0.05, 0.1) is 17.0 Å². The molecule has 100 valence electrons. The van der Waals surface area contributed by atoms with E-state index in [1.54, 1.807) is 0 Å². The summed E-state index contributed by atoms with van der Waals surface area (Å²) in [6.45, 7) is 8.93. The Kier molecular flexibility index (Phi) is 2.90. The largest absolute Gasteiger partial charge is 0.480 e. The molecule has 0 spiro atoms. The van der Waals surface area contributed by atoms with Gasteiger partial charge in [-0.15, -0.1) is 11.6 Å². The van der Waals surface area contributed by atoms with Crippen molar-refractivity contribution >= 4 is 18.7 Å². The van der Waals surface area contributed by atoms with Crippen LogP contribution in [0.25, 0.3) is 0 Å². The maximum absolute atomic E-state index is 6.31. The minimum Gasteiger partial charge on any atom is -0.404 e. The molecule has 2 bridgehead atoms. The number of alkyl halides is 1. The predicted octanol–water partition coefficient (Wildman–Crippen LogP) is 3.44. The SMILES string of the molecule is C/C=C/[C@@H](Cl)B1O[C@H]2C[C@H]3C[C@H](C3(C)C)[C@@]2(C)O1. The van der Waals surface area contributed by atoms with Crippen LogP contribution in [0.1, 0.15) is 40.5 Å². The first kappa shape index (κ1) is 13.0. The number of rotatable bonds is 2. The second-order valence-electron chi connectivity index (χ2n) is 6.81. The lowest BCUT2D eigenvalue weighted by Gasteiger charge is -2.64. The average molecular weight is 269 g/mol. The molecule has 1 aliphatic heterocycles. The minimum atomic E-state index is -0.284. The fourth-order valence-electron chi connectivity index (χ4n) is 4.31. The summed E-state index contributed by atoms with van der Waals surface area (Å²) in [7, 11) is -0.284. The van der Waals surface area contributed by atoms with Gasteiger partial charge in [-0.05, 0) is 43.9 Å². The van der Waals surface area contributed by atoms with Crippen molar-refractivity contribution in [2.75, 3.05) is 0 Å². The molecule has 4 heteroatoms. The van der Waals surface area contributed by atoms with Crippen LogP contribution in [-0.2, 0) is 9.31 Å². The molecule has 0 radical (unpaired) electrons. The highest BCUT2D eigenvalue weighted by atomic mass is 35.5. The van der Waals surface area contributed by atoms with Crippen LogP contribution in [0.5, 0.6) is 0 Å². The van der Waals surface area contributed by atoms with Crippen molar-refractivity contribution in [2.45, 2.75) is 57.5 Å². The van der Waals surface area contributed by atoms with Crippen LogP contribution in [0.3, 0.4) is 0 Å². The summed E-state index contributed by atoms with van der Waals surface area (Å²) in [4.78, 5) is 0. The number of halogens is 1. The summed E-state index contributed by atoms with van der Waals surface area (Å²) in [5.41, 5.74) is 0.254. The molecule has 4 aliphatic rings. The van der Waals surface area contributed by atoms with Crippen LogP contribution >= 0.6 is 11.6 Å². The van der Waals surface area contributed by atoms with Crippen LogP contribution < -0.4 is 0 Å². The molecule has 1 heterocycles. The van der Waals surface area contributed by atoms with E-state index in [4.69, 9.17) is 20.9 Å². The van der Waals surface area contributed by atoms with E-state index in [9.17, 15) is 0 Å². The minimum absolute atomic E-state index is 0.141. The molecule has 0 aromatic rings. The Morgan fingerprint density at radius 1 is 1.33 bits per heavy atom. The molecule has 0 N–H and O–H groups in total. The van der Waals surface area contributed by atoms with Crippen molar-refractivity contribution in [1.82, 2.24) is 0 Å². The lowest BCUT2D eigenvalue weighted by Crippen LogP contribution is -2.65. The van der Waals surface area contributed by atoms with Gasteiger partial charge in [0.2, 0.25) is 0 Å². The van der Waals surface area contributed by atoms with E-state index in [-0.39, 0.29) is 24.1 Å². The van der Waals surface area contributed by atoms with E-state index in [0.29, 0.717) is 11.3 Å². The Morgan fingerprint density at radius 3 is 2.67 bits per heavy atom. The molecule has 3 saturated carbocycles. The second kappa shape index (κ2) is 4.00. The summed E-state index contributed by atoms with van der Waals surface area (Å²) >= 11 is 6.31. The Hall–Kier alpha value is 0.0149. The molecule has 4 fully saturated rings. The zero-order chi connectivity index (χ0) is 13.1. The Morgan fingerprint density at radius 2 is 2.06 bits per heavy atom. The third kappa shape index (κ3) is 1.57. The normalized spacial score (nSPS) is 46.9. The van der Waals surface area contributed by atoms with Gasteiger partial charge >= 0.3 is 7.12 Å². The molecular weight excluding hydrogens is 246 g/mol. The fourth-order valence-corrected chi connectivity index (χ4v) is 4.57. The molecule has 0 aromatic heterocycles. The summed E-state index contributed by atoms with van der Waals surface area (Å²) in [5, 5.41) is -0.183. The van der Waals surface area contributed by atoms with Gasteiger partial charge in [0.1, 0.15) is 0 Å². The van der Waals surface area contributed by atoms with Crippen LogP contribution in [0.15, 0.2) is 12.2 Å². The molecule has 0 amide bonds. The maximum atomic E-state index is 6.31. The van der Waals surface area contributed by atoms with E-state index < -0.39 is 0 Å². The predicted molar refractivity (Wildman–Crippen MR) is 74.6 cm³/mol. The van der Waals surface area contributed by atoms with Crippen molar-refractivity contribution in [2.24, 2.45) is 17.3 Å². The van der Waals surface area contributed by atoms with Gasteiger partial charge in [-0.2, -0.15) is 0 Å². The summed E-state index contributed by atoms with van der Waals surface area (Å²) in [6, 6.07) is 0. The van der Waals surface area contributed by atoms with Crippen molar-refractivity contribution in [3.05, 3.63) is 12.2 Å². The maximum Gasteiger partial charge on any atom is 0.480 e. The Labute approximate surface area is 115 Å². The molecule has 18 heavy (non-hydrogen) atoms. The molecule has 3 aliphatic carbocycles. The second-order valence-corrected chi connectivity index (χ2v) is 7.31. The van der Waals surface area contributed by atoms with Crippen LogP contribution in [0.2, 0.25) is 0 Å². The van der Waals surface area contributed by atoms with Crippen LogP contribution in [0, 0.1) is 17.3 Å². The fraction of sp³-hybridized carbons (Fsp3) is 0.857. The van der Waals surface area contributed by atoms with Crippen molar-refractivity contribution in [3.8, 4) is 0 Å². The summed E-state index contributed by atoms with van der Waals surface area (Å²) in [6.07, 6.45) is 6.54. The lowest BCUT2D eigenvalue weighted by atomic mass is 9.43. The summed E-state index contributed by atoms with van der Waals surface area (Å²) < 4.78 is 12.3. The van der Waals surface area contributed by atoms with Gasteiger partial charge in [0, 0.05) is 0 Å². The first-order chi connectivity index (χ1) is 8.39. The Bertz CT molecular complexity index is 384. The standard InChI is InChI=1S/C14H22BClO2/c1-5-6-12(16)15-17-11-8-9-7-10(13(9,2)3)14(11,4)18-15/h5-6,9-12H,7-8H2,1-4H3/b6-5+/t9-,10-,11+,12-,14-/m1/s1. The molecule has 0 unspecified atom stereocenters. The molecule has 1 saturated heterocycles. The molecule has 2 nitrogen and oxygen atoms in total. The van der Waals surface area contributed by atoms with Crippen molar-refractivity contribution in [1.29, 1.82) is 0 Å². The highest BCUT2D eigenvalue weighted by Gasteiger charge is 2.68. The third-order valence-corrected chi connectivity index (χ3v) is 5.96. The zero-order valence-electron chi connectivity index (χ0n) is 11.7. The first-order valence-corrected chi connectivity index (χ1v) is 7.43. The first-order valence-electron chi connectivity index (χ1n) is 6.99. The number of hydrogen-bond donors (Lipinski definition) is 0. The monoisotopic (exact) mass is 268 g/mol. The smallest absolute Gasteiger partial charge is 0.404 e. The van der Waals surface area contributed by atoms with Gasteiger partial charge in [-0.3, -0.25) is 0 Å². The quantitative estimate of drug-likeness (QED) is 0.434. The average Bonchev–Trinajstić information content (AvgIpc) is 2.65. The van der Waals surface area contributed by atoms with E-state index >= 15 is 0 Å². The van der Waals surface area contributed by atoms with Gasteiger partial charge in [-0.25, -0.2) is 0 Å². The van der Waals surface area contributed by atoms with E-state index in [2.05, 4.69) is 20.8 Å².